The van der Waals surface area contributed by atoms with Gasteiger partial charge in [-0.1, -0.05) is 43.3 Å². The Bertz CT molecular complexity index is 462. The average Bonchev–Trinajstić information content (AvgIpc) is 2.77. The first-order chi connectivity index (χ1) is 8.58. The van der Waals surface area contributed by atoms with Crippen LogP contribution >= 0.6 is 11.8 Å². The van der Waals surface area contributed by atoms with Gasteiger partial charge in [-0.15, -0.1) is 0 Å². The van der Waals surface area contributed by atoms with Crippen molar-refractivity contribution in [3.05, 3.63) is 29.3 Å². The molecule has 0 bridgehead atoms. The zero-order valence-corrected chi connectivity index (χ0v) is 12.5. The number of hydrogen-bond acceptors (Lipinski definition) is 3. The van der Waals surface area contributed by atoms with E-state index in [4.69, 9.17) is 4.99 Å². The van der Waals surface area contributed by atoms with Gasteiger partial charge < -0.3 is 5.32 Å². The van der Waals surface area contributed by atoms with Crippen molar-refractivity contribution < 1.29 is 0 Å². The highest BCUT2D eigenvalue weighted by atomic mass is 32.2. The maximum absolute atomic E-state index is 4.88. The second-order valence-corrected chi connectivity index (χ2v) is 6.04. The fraction of sp³-hybridized carbons (Fsp3) is 0.533. The summed E-state index contributed by atoms with van der Waals surface area (Å²) in [5.74, 6) is 1.10. The van der Waals surface area contributed by atoms with E-state index in [1.807, 2.05) is 11.8 Å². The molecule has 1 N–H and O–H groups in total. The van der Waals surface area contributed by atoms with Crippen molar-refractivity contribution in [2.45, 2.75) is 46.1 Å². The summed E-state index contributed by atoms with van der Waals surface area (Å²) in [5.41, 5.74) is 3.92. The molecule has 0 atom stereocenters. The fourth-order valence-electron chi connectivity index (χ4n) is 2.23. The van der Waals surface area contributed by atoms with Crippen LogP contribution in [-0.4, -0.2) is 16.5 Å². The van der Waals surface area contributed by atoms with Gasteiger partial charge in [0.25, 0.3) is 0 Å². The van der Waals surface area contributed by atoms with Gasteiger partial charge in [-0.25, -0.2) is 0 Å². The van der Waals surface area contributed by atoms with Gasteiger partial charge in [0.05, 0.1) is 5.54 Å². The minimum Gasteiger partial charge on any atom is -0.335 e. The van der Waals surface area contributed by atoms with Crippen LogP contribution in [0.5, 0.6) is 0 Å². The largest absolute Gasteiger partial charge is 0.335 e. The molecule has 98 valence electrons. The Balaban J connectivity index is 2.15. The number of anilines is 1. The third-order valence-electron chi connectivity index (χ3n) is 3.76. The maximum atomic E-state index is 4.88. The SMILES string of the molecule is CCC1(CC)CSC(Nc2ccc(C)cc2C)=N1. The van der Waals surface area contributed by atoms with Crippen LogP contribution in [-0.2, 0) is 0 Å². The predicted octanol–water partition coefficient (Wildman–Crippen LogP) is 4.38. The lowest BCUT2D eigenvalue weighted by molar-refractivity contribution is 0.456. The van der Waals surface area contributed by atoms with Crippen molar-refractivity contribution in [1.29, 1.82) is 0 Å². The lowest BCUT2D eigenvalue weighted by Gasteiger charge is -2.20. The standard InChI is InChI=1S/C15H22N2S/c1-5-15(6-2)10-18-14(17-15)16-13-8-7-11(3)9-12(13)4/h7-9H,5-6,10H2,1-4H3,(H,16,17). The number of aliphatic imine (C=N–C) groups is 1. The minimum atomic E-state index is 0.158. The monoisotopic (exact) mass is 262 g/mol. The Morgan fingerprint density at radius 2 is 2.00 bits per heavy atom. The van der Waals surface area contributed by atoms with Gasteiger partial charge in [0, 0.05) is 11.4 Å². The van der Waals surface area contributed by atoms with Crippen molar-refractivity contribution in [3.63, 3.8) is 0 Å². The van der Waals surface area contributed by atoms with Crippen LogP contribution in [0.25, 0.3) is 0 Å². The number of benzene rings is 1. The summed E-state index contributed by atoms with van der Waals surface area (Å²) in [5, 5.41) is 4.55. The molecule has 18 heavy (non-hydrogen) atoms. The van der Waals surface area contributed by atoms with Crippen LogP contribution in [0.1, 0.15) is 37.8 Å². The third-order valence-corrected chi connectivity index (χ3v) is 4.90. The lowest BCUT2D eigenvalue weighted by atomic mass is 9.97. The third kappa shape index (κ3) is 2.72. The van der Waals surface area contributed by atoms with Gasteiger partial charge in [0.15, 0.2) is 5.17 Å². The molecule has 0 unspecified atom stereocenters. The molecule has 3 heteroatoms. The Kier molecular flexibility index (Phi) is 4.00. The smallest absolute Gasteiger partial charge is 0.161 e. The average molecular weight is 262 g/mol. The summed E-state index contributed by atoms with van der Waals surface area (Å²) < 4.78 is 0. The molecule has 1 heterocycles. The van der Waals surface area contributed by atoms with E-state index >= 15 is 0 Å². The highest BCUT2D eigenvalue weighted by Crippen LogP contribution is 2.34. The molecular weight excluding hydrogens is 240 g/mol. The van der Waals surface area contributed by atoms with Crippen LogP contribution in [0.2, 0.25) is 0 Å². The van der Waals surface area contributed by atoms with Crippen LogP contribution in [0.3, 0.4) is 0 Å². The van der Waals surface area contributed by atoms with Crippen molar-refractivity contribution >= 4 is 22.6 Å². The number of hydrogen-bond donors (Lipinski definition) is 1. The minimum absolute atomic E-state index is 0.158. The Morgan fingerprint density at radius 1 is 1.28 bits per heavy atom. The molecule has 0 aromatic heterocycles. The van der Waals surface area contributed by atoms with Crippen LogP contribution < -0.4 is 5.32 Å². The summed E-state index contributed by atoms with van der Waals surface area (Å²) in [4.78, 5) is 4.88. The summed E-state index contributed by atoms with van der Waals surface area (Å²) in [6, 6.07) is 6.49. The summed E-state index contributed by atoms with van der Waals surface area (Å²) >= 11 is 1.85. The first-order valence-electron chi connectivity index (χ1n) is 6.65. The van der Waals surface area contributed by atoms with Crippen molar-refractivity contribution in [3.8, 4) is 0 Å². The van der Waals surface area contributed by atoms with Gasteiger partial charge in [0.1, 0.15) is 0 Å². The summed E-state index contributed by atoms with van der Waals surface area (Å²) in [6.07, 6.45) is 2.24. The van der Waals surface area contributed by atoms with Crippen LogP contribution in [0.4, 0.5) is 5.69 Å². The van der Waals surface area contributed by atoms with Gasteiger partial charge in [-0.3, -0.25) is 4.99 Å². The number of nitrogens with one attached hydrogen (secondary N) is 1. The normalized spacial score (nSPS) is 17.7. The predicted molar refractivity (Wildman–Crippen MR) is 82.7 cm³/mol. The first kappa shape index (κ1) is 13.5. The molecule has 0 spiro atoms. The molecule has 0 fully saturated rings. The second-order valence-electron chi connectivity index (χ2n) is 5.08. The summed E-state index contributed by atoms with van der Waals surface area (Å²) in [6.45, 7) is 8.72. The van der Waals surface area contributed by atoms with Crippen molar-refractivity contribution in [2.24, 2.45) is 4.99 Å². The maximum Gasteiger partial charge on any atom is 0.161 e. The van der Waals surface area contributed by atoms with Crippen LogP contribution in [0.15, 0.2) is 23.2 Å². The number of thioether (sulfide) groups is 1. The molecule has 2 nitrogen and oxygen atoms in total. The number of aryl methyl sites for hydroxylation is 2. The van der Waals surface area contributed by atoms with E-state index in [1.54, 1.807) is 0 Å². The lowest BCUT2D eigenvalue weighted by Crippen LogP contribution is -2.24. The molecule has 2 rings (SSSR count). The molecule has 1 aromatic carbocycles. The Hall–Kier alpha value is -0.960. The van der Waals surface area contributed by atoms with E-state index in [1.165, 1.54) is 16.8 Å². The zero-order valence-electron chi connectivity index (χ0n) is 11.7. The second kappa shape index (κ2) is 5.35. The number of rotatable bonds is 3. The highest BCUT2D eigenvalue weighted by Gasteiger charge is 2.32. The Morgan fingerprint density at radius 3 is 2.56 bits per heavy atom. The van der Waals surface area contributed by atoms with Crippen molar-refractivity contribution in [1.82, 2.24) is 0 Å². The van der Waals surface area contributed by atoms with Gasteiger partial charge in [-0.2, -0.15) is 0 Å². The molecule has 0 radical (unpaired) electrons. The summed E-state index contributed by atoms with van der Waals surface area (Å²) in [7, 11) is 0. The van der Waals surface area contributed by atoms with E-state index in [0.29, 0.717) is 0 Å². The molecule has 0 aliphatic carbocycles. The molecular formula is C15H22N2S. The van der Waals surface area contributed by atoms with E-state index in [2.05, 4.69) is 51.2 Å². The topological polar surface area (TPSA) is 24.4 Å². The van der Waals surface area contributed by atoms with Gasteiger partial charge in [0.2, 0.25) is 0 Å². The fourth-order valence-corrected chi connectivity index (χ4v) is 3.55. The van der Waals surface area contributed by atoms with Gasteiger partial charge >= 0.3 is 0 Å². The molecule has 0 amide bonds. The van der Waals surface area contributed by atoms with E-state index in [-0.39, 0.29) is 5.54 Å². The van der Waals surface area contributed by atoms with Gasteiger partial charge in [-0.05, 0) is 38.3 Å². The van der Waals surface area contributed by atoms with E-state index < -0.39 is 0 Å². The zero-order chi connectivity index (χ0) is 13.2. The number of nitrogens with zero attached hydrogens (tertiary/aromatic N) is 1. The highest BCUT2D eigenvalue weighted by molar-refractivity contribution is 8.14. The van der Waals surface area contributed by atoms with E-state index in [9.17, 15) is 0 Å². The quantitative estimate of drug-likeness (QED) is 0.874. The van der Waals surface area contributed by atoms with Crippen LogP contribution in [0, 0.1) is 13.8 Å². The van der Waals surface area contributed by atoms with E-state index in [0.717, 1.165) is 23.8 Å². The number of amidine groups is 1. The molecule has 1 aromatic rings. The molecule has 1 aliphatic rings. The Labute approximate surface area is 114 Å². The van der Waals surface area contributed by atoms with Crippen molar-refractivity contribution in [2.75, 3.05) is 11.1 Å². The molecule has 0 saturated heterocycles. The first-order valence-corrected chi connectivity index (χ1v) is 7.64. The molecule has 1 aliphatic heterocycles. The molecule has 0 saturated carbocycles.